The zero-order valence-electron chi connectivity index (χ0n) is 13.6. The number of carboxylic acids is 1. The summed E-state index contributed by atoms with van der Waals surface area (Å²) in [4.78, 5) is 26.0. The molecule has 2 fully saturated rings. The molecular weight excluding hydrogens is 268 g/mol. The summed E-state index contributed by atoms with van der Waals surface area (Å²) in [5.74, 6) is -0.461. The first-order chi connectivity index (χ1) is 9.59. The molecule has 1 heterocycles. The molecule has 120 valence electrons. The van der Waals surface area contributed by atoms with Crippen molar-refractivity contribution in [3.8, 4) is 0 Å². The first-order valence-corrected chi connectivity index (χ1v) is 7.87. The molecule has 0 radical (unpaired) electrons. The van der Waals surface area contributed by atoms with E-state index in [1.807, 2.05) is 0 Å². The predicted molar refractivity (Wildman–Crippen MR) is 80.6 cm³/mol. The van der Waals surface area contributed by atoms with Crippen LogP contribution in [-0.4, -0.2) is 41.0 Å². The average molecular weight is 296 g/mol. The van der Waals surface area contributed by atoms with Crippen molar-refractivity contribution >= 4 is 11.9 Å². The summed E-state index contributed by atoms with van der Waals surface area (Å²) in [5, 5.41) is 9.31. The molecule has 1 saturated carbocycles. The van der Waals surface area contributed by atoms with Crippen LogP contribution in [0.3, 0.4) is 0 Å². The van der Waals surface area contributed by atoms with Gasteiger partial charge in [0.1, 0.15) is 0 Å². The molecule has 0 bridgehead atoms. The Morgan fingerprint density at radius 1 is 1.24 bits per heavy atom. The molecule has 3 N–H and O–H groups in total. The van der Waals surface area contributed by atoms with Crippen LogP contribution in [0.1, 0.15) is 47.0 Å². The maximum atomic E-state index is 12.9. The number of nitrogens with two attached hydrogens (primary N) is 1. The van der Waals surface area contributed by atoms with Gasteiger partial charge in [-0.2, -0.15) is 0 Å². The Kier molecular flexibility index (Phi) is 4.08. The van der Waals surface area contributed by atoms with Crippen LogP contribution in [-0.2, 0) is 9.59 Å². The van der Waals surface area contributed by atoms with Crippen molar-refractivity contribution in [2.75, 3.05) is 13.1 Å². The van der Waals surface area contributed by atoms with E-state index in [4.69, 9.17) is 5.73 Å². The van der Waals surface area contributed by atoms with Crippen molar-refractivity contribution in [2.45, 2.75) is 53.0 Å². The third-order valence-electron chi connectivity index (χ3n) is 6.10. The van der Waals surface area contributed by atoms with E-state index in [9.17, 15) is 14.7 Å². The Hall–Kier alpha value is -1.10. The normalized spacial score (nSPS) is 39.3. The van der Waals surface area contributed by atoms with Gasteiger partial charge in [0.2, 0.25) is 5.91 Å². The summed E-state index contributed by atoms with van der Waals surface area (Å²) in [5.41, 5.74) is 5.21. The van der Waals surface area contributed by atoms with Gasteiger partial charge in [-0.05, 0) is 37.5 Å². The van der Waals surface area contributed by atoms with Gasteiger partial charge >= 0.3 is 5.97 Å². The van der Waals surface area contributed by atoms with Crippen LogP contribution in [0.5, 0.6) is 0 Å². The molecule has 0 aromatic rings. The standard InChI is InChI=1S/C16H28N2O3/c1-10-12(17)6-5-11(15(10,2)3)13(19)18-8-7-16(4,9-18)14(20)21/h10-12H,5-9,17H2,1-4H3,(H,20,21). The Morgan fingerprint density at radius 2 is 1.86 bits per heavy atom. The summed E-state index contributed by atoms with van der Waals surface area (Å²) in [6, 6.07) is 0.145. The summed E-state index contributed by atoms with van der Waals surface area (Å²) in [7, 11) is 0. The molecule has 21 heavy (non-hydrogen) atoms. The van der Waals surface area contributed by atoms with E-state index in [2.05, 4.69) is 20.8 Å². The molecule has 0 aromatic carbocycles. The number of hydrogen-bond donors (Lipinski definition) is 2. The number of aliphatic carboxylic acids is 1. The first kappa shape index (κ1) is 16.3. The van der Waals surface area contributed by atoms with Crippen LogP contribution in [0.2, 0.25) is 0 Å². The third kappa shape index (κ3) is 2.68. The van der Waals surface area contributed by atoms with Gasteiger partial charge in [-0.25, -0.2) is 0 Å². The Labute approximate surface area is 126 Å². The Balaban J connectivity index is 2.13. The van der Waals surface area contributed by atoms with Gasteiger partial charge in [-0.1, -0.05) is 20.8 Å². The van der Waals surface area contributed by atoms with E-state index < -0.39 is 11.4 Å². The summed E-state index contributed by atoms with van der Waals surface area (Å²) in [6.45, 7) is 8.96. The number of carbonyl (C=O) groups is 2. The van der Waals surface area contributed by atoms with Crippen LogP contribution in [0.4, 0.5) is 0 Å². The average Bonchev–Trinajstić information content (AvgIpc) is 2.80. The molecule has 4 unspecified atom stereocenters. The van der Waals surface area contributed by atoms with Gasteiger partial charge in [0.15, 0.2) is 0 Å². The van der Waals surface area contributed by atoms with E-state index in [0.29, 0.717) is 19.5 Å². The summed E-state index contributed by atoms with van der Waals surface area (Å²) in [6.07, 6.45) is 2.21. The van der Waals surface area contributed by atoms with E-state index in [1.54, 1.807) is 11.8 Å². The van der Waals surface area contributed by atoms with E-state index in [1.165, 1.54) is 0 Å². The number of carbonyl (C=O) groups excluding carboxylic acids is 1. The number of carboxylic acid groups (broad SMARTS) is 1. The van der Waals surface area contributed by atoms with Crippen molar-refractivity contribution < 1.29 is 14.7 Å². The van der Waals surface area contributed by atoms with Crippen LogP contribution < -0.4 is 5.73 Å². The van der Waals surface area contributed by atoms with Crippen LogP contribution in [0, 0.1) is 22.7 Å². The molecule has 5 heteroatoms. The summed E-state index contributed by atoms with van der Waals surface area (Å²) >= 11 is 0. The van der Waals surface area contributed by atoms with Gasteiger partial charge in [0.05, 0.1) is 5.41 Å². The minimum atomic E-state index is -0.809. The monoisotopic (exact) mass is 296 g/mol. The maximum absolute atomic E-state index is 12.9. The molecule has 1 aliphatic heterocycles. The molecule has 1 saturated heterocycles. The maximum Gasteiger partial charge on any atom is 0.311 e. The van der Waals surface area contributed by atoms with Crippen LogP contribution in [0.25, 0.3) is 0 Å². The van der Waals surface area contributed by atoms with Gasteiger partial charge in [0.25, 0.3) is 0 Å². The fraction of sp³-hybridized carbons (Fsp3) is 0.875. The fourth-order valence-electron chi connectivity index (χ4n) is 3.84. The number of amides is 1. The highest BCUT2D eigenvalue weighted by atomic mass is 16.4. The lowest BCUT2D eigenvalue weighted by Crippen LogP contribution is -2.52. The van der Waals surface area contributed by atoms with Crippen molar-refractivity contribution in [3.63, 3.8) is 0 Å². The highest BCUT2D eigenvalue weighted by Gasteiger charge is 2.49. The van der Waals surface area contributed by atoms with E-state index in [0.717, 1.165) is 12.8 Å². The van der Waals surface area contributed by atoms with Crippen LogP contribution >= 0.6 is 0 Å². The molecule has 4 atom stereocenters. The molecular formula is C16H28N2O3. The van der Waals surface area contributed by atoms with Crippen molar-refractivity contribution in [1.82, 2.24) is 4.90 Å². The molecule has 0 spiro atoms. The molecule has 0 aromatic heterocycles. The Morgan fingerprint density at radius 3 is 2.38 bits per heavy atom. The van der Waals surface area contributed by atoms with E-state index >= 15 is 0 Å². The molecule has 1 amide bonds. The second-order valence-electron chi connectivity index (χ2n) is 7.78. The number of nitrogens with zero attached hydrogens (tertiary/aromatic N) is 1. The van der Waals surface area contributed by atoms with Gasteiger partial charge in [-0.3, -0.25) is 9.59 Å². The first-order valence-electron chi connectivity index (χ1n) is 7.87. The smallest absolute Gasteiger partial charge is 0.311 e. The van der Waals surface area contributed by atoms with Crippen molar-refractivity contribution in [1.29, 1.82) is 0 Å². The highest BCUT2D eigenvalue weighted by molar-refractivity contribution is 5.82. The molecule has 1 aliphatic carbocycles. The second kappa shape index (κ2) is 5.27. The quantitative estimate of drug-likeness (QED) is 0.812. The topological polar surface area (TPSA) is 83.6 Å². The number of rotatable bonds is 2. The zero-order valence-corrected chi connectivity index (χ0v) is 13.6. The van der Waals surface area contributed by atoms with Crippen molar-refractivity contribution in [3.05, 3.63) is 0 Å². The third-order valence-corrected chi connectivity index (χ3v) is 6.10. The molecule has 2 aliphatic rings. The Bertz CT molecular complexity index is 449. The number of likely N-dealkylation sites (tertiary alicyclic amines) is 1. The molecule has 5 nitrogen and oxygen atoms in total. The fourth-order valence-corrected chi connectivity index (χ4v) is 3.84. The SMILES string of the molecule is CC1C(N)CCC(C(=O)N2CCC(C)(C(=O)O)C2)C1(C)C. The second-order valence-corrected chi connectivity index (χ2v) is 7.78. The largest absolute Gasteiger partial charge is 0.481 e. The van der Waals surface area contributed by atoms with E-state index in [-0.39, 0.29) is 29.2 Å². The highest BCUT2D eigenvalue weighted by Crippen LogP contribution is 2.46. The number of hydrogen-bond acceptors (Lipinski definition) is 3. The van der Waals surface area contributed by atoms with Crippen LogP contribution in [0.15, 0.2) is 0 Å². The minimum Gasteiger partial charge on any atom is -0.481 e. The summed E-state index contributed by atoms with van der Waals surface area (Å²) < 4.78 is 0. The lowest BCUT2D eigenvalue weighted by molar-refractivity contribution is -0.148. The van der Waals surface area contributed by atoms with Gasteiger partial charge < -0.3 is 15.7 Å². The lowest BCUT2D eigenvalue weighted by Gasteiger charge is -2.47. The minimum absolute atomic E-state index is 0.0524. The lowest BCUT2D eigenvalue weighted by atomic mass is 9.60. The molecule has 2 rings (SSSR count). The van der Waals surface area contributed by atoms with Crippen molar-refractivity contribution in [2.24, 2.45) is 28.4 Å². The van der Waals surface area contributed by atoms with Gasteiger partial charge in [-0.15, -0.1) is 0 Å². The zero-order chi connectivity index (χ0) is 16.0. The predicted octanol–water partition coefficient (Wildman–Crippen LogP) is 1.71. The van der Waals surface area contributed by atoms with Gasteiger partial charge in [0, 0.05) is 25.0 Å².